The van der Waals surface area contributed by atoms with E-state index in [1.165, 1.54) is 6.26 Å². The number of likely N-dealkylation sites (N-methyl/N-ethyl adjacent to an activating group) is 1. The third kappa shape index (κ3) is 3.66. The number of nitrogens with zero attached hydrogens (tertiary/aromatic N) is 1. The molecule has 2 rings (SSSR count). The van der Waals surface area contributed by atoms with Crippen molar-refractivity contribution in [2.24, 2.45) is 0 Å². The van der Waals surface area contributed by atoms with Crippen LogP contribution in [0.25, 0.3) is 0 Å². The molecule has 0 unspecified atom stereocenters. The van der Waals surface area contributed by atoms with Crippen molar-refractivity contribution in [3.8, 4) is 0 Å². The van der Waals surface area contributed by atoms with Crippen molar-refractivity contribution in [2.45, 2.75) is 13.0 Å². The van der Waals surface area contributed by atoms with Crippen LogP contribution in [-0.4, -0.2) is 24.7 Å². The van der Waals surface area contributed by atoms with Crippen LogP contribution < -0.4 is 10.6 Å². The Bertz CT molecular complexity index is 523. The summed E-state index contributed by atoms with van der Waals surface area (Å²) in [6.07, 6.45) is 2.31. The molecular weight excluding hydrogens is 242 g/mol. The standard InChI is InChI=1S/C14H17N3O2/c1-15-8-6-11-4-2-3-5-13(11)14(18)16-10-12-7-9-19-17-12/h2-5,7,9,15H,6,8,10H2,1H3,(H,16,18). The van der Waals surface area contributed by atoms with E-state index in [-0.39, 0.29) is 5.91 Å². The largest absolute Gasteiger partial charge is 0.364 e. The molecular formula is C14H17N3O2. The highest BCUT2D eigenvalue weighted by atomic mass is 16.5. The number of hydrogen-bond acceptors (Lipinski definition) is 4. The molecule has 19 heavy (non-hydrogen) atoms. The zero-order valence-electron chi connectivity index (χ0n) is 10.8. The lowest BCUT2D eigenvalue weighted by Gasteiger charge is -2.09. The fraction of sp³-hybridized carbons (Fsp3) is 0.286. The zero-order chi connectivity index (χ0) is 13.5. The van der Waals surface area contributed by atoms with Crippen LogP contribution >= 0.6 is 0 Å². The van der Waals surface area contributed by atoms with Crippen LogP contribution in [0.1, 0.15) is 21.6 Å². The highest BCUT2D eigenvalue weighted by Gasteiger charge is 2.10. The van der Waals surface area contributed by atoms with Gasteiger partial charge in [-0.25, -0.2) is 0 Å². The summed E-state index contributed by atoms with van der Waals surface area (Å²) in [5.74, 6) is -0.0882. The lowest BCUT2D eigenvalue weighted by molar-refractivity contribution is 0.0949. The topological polar surface area (TPSA) is 67.2 Å². The molecule has 5 heteroatoms. The Kier molecular flexibility index (Phi) is 4.69. The predicted molar refractivity (Wildman–Crippen MR) is 71.7 cm³/mol. The first-order valence-electron chi connectivity index (χ1n) is 6.21. The summed E-state index contributed by atoms with van der Waals surface area (Å²) >= 11 is 0. The second-order valence-electron chi connectivity index (χ2n) is 4.18. The number of carbonyl (C=O) groups excluding carboxylic acids is 1. The smallest absolute Gasteiger partial charge is 0.251 e. The third-order valence-electron chi connectivity index (χ3n) is 2.83. The van der Waals surface area contributed by atoms with Gasteiger partial charge >= 0.3 is 0 Å². The van der Waals surface area contributed by atoms with Crippen molar-refractivity contribution in [3.63, 3.8) is 0 Å². The summed E-state index contributed by atoms with van der Waals surface area (Å²) in [4.78, 5) is 12.1. The Hall–Kier alpha value is -2.14. The number of benzene rings is 1. The second-order valence-corrected chi connectivity index (χ2v) is 4.18. The molecule has 1 aromatic heterocycles. The lowest BCUT2D eigenvalue weighted by Crippen LogP contribution is -2.24. The molecule has 0 aliphatic rings. The minimum absolute atomic E-state index is 0.0882. The normalized spacial score (nSPS) is 10.4. The molecule has 0 fully saturated rings. The predicted octanol–water partition coefficient (Wildman–Crippen LogP) is 1.37. The van der Waals surface area contributed by atoms with E-state index in [9.17, 15) is 4.79 Å². The Morgan fingerprint density at radius 1 is 1.32 bits per heavy atom. The molecule has 0 atom stereocenters. The molecule has 0 saturated heterocycles. The van der Waals surface area contributed by atoms with Gasteiger partial charge in [-0.2, -0.15) is 0 Å². The number of nitrogens with one attached hydrogen (secondary N) is 2. The van der Waals surface area contributed by atoms with Crippen molar-refractivity contribution in [2.75, 3.05) is 13.6 Å². The Morgan fingerprint density at radius 3 is 2.89 bits per heavy atom. The van der Waals surface area contributed by atoms with Crippen LogP contribution in [0, 0.1) is 0 Å². The summed E-state index contributed by atoms with van der Waals surface area (Å²) in [5.41, 5.74) is 2.46. The van der Waals surface area contributed by atoms with Crippen LogP contribution in [0.4, 0.5) is 0 Å². The average Bonchev–Trinajstić information content (AvgIpc) is 2.96. The first kappa shape index (κ1) is 13.3. The number of hydrogen-bond donors (Lipinski definition) is 2. The van der Waals surface area contributed by atoms with E-state index in [0.717, 1.165) is 18.5 Å². The van der Waals surface area contributed by atoms with Crippen LogP contribution in [0.5, 0.6) is 0 Å². The number of aromatic nitrogens is 1. The summed E-state index contributed by atoms with van der Waals surface area (Å²) in [6, 6.07) is 9.35. The van der Waals surface area contributed by atoms with E-state index < -0.39 is 0 Å². The van der Waals surface area contributed by atoms with Gasteiger partial charge in [-0.1, -0.05) is 23.4 Å². The van der Waals surface area contributed by atoms with Crippen LogP contribution in [-0.2, 0) is 13.0 Å². The molecule has 1 aromatic carbocycles. The third-order valence-corrected chi connectivity index (χ3v) is 2.83. The fourth-order valence-electron chi connectivity index (χ4n) is 1.81. The maximum atomic E-state index is 12.1. The molecule has 2 N–H and O–H groups in total. The first-order valence-corrected chi connectivity index (χ1v) is 6.21. The SMILES string of the molecule is CNCCc1ccccc1C(=O)NCc1ccon1. The van der Waals surface area contributed by atoms with Crippen molar-refractivity contribution in [1.29, 1.82) is 0 Å². The van der Waals surface area contributed by atoms with Crippen molar-refractivity contribution >= 4 is 5.91 Å². The maximum Gasteiger partial charge on any atom is 0.251 e. The van der Waals surface area contributed by atoms with E-state index >= 15 is 0 Å². The molecule has 5 nitrogen and oxygen atoms in total. The molecule has 0 bridgehead atoms. The van der Waals surface area contributed by atoms with E-state index in [1.807, 2.05) is 31.3 Å². The van der Waals surface area contributed by atoms with E-state index in [0.29, 0.717) is 17.8 Å². The summed E-state index contributed by atoms with van der Waals surface area (Å²) < 4.78 is 4.72. The van der Waals surface area contributed by atoms with Gasteiger partial charge in [-0.05, 0) is 31.6 Å². The van der Waals surface area contributed by atoms with Gasteiger partial charge in [0.2, 0.25) is 0 Å². The average molecular weight is 259 g/mol. The maximum absolute atomic E-state index is 12.1. The Balaban J connectivity index is 2.01. The zero-order valence-corrected chi connectivity index (χ0v) is 10.8. The van der Waals surface area contributed by atoms with Gasteiger partial charge in [-0.3, -0.25) is 4.79 Å². The van der Waals surface area contributed by atoms with Gasteiger partial charge in [0, 0.05) is 11.6 Å². The van der Waals surface area contributed by atoms with Gasteiger partial charge < -0.3 is 15.2 Å². The van der Waals surface area contributed by atoms with Crippen LogP contribution in [0.2, 0.25) is 0 Å². The number of rotatable bonds is 6. The summed E-state index contributed by atoms with van der Waals surface area (Å²) in [5, 5.41) is 9.67. The minimum atomic E-state index is -0.0882. The van der Waals surface area contributed by atoms with Gasteiger partial charge in [-0.15, -0.1) is 0 Å². The first-order chi connectivity index (χ1) is 9.31. The molecule has 0 aliphatic carbocycles. The van der Waals surface area contributed by atoms with Crippen LogP contribution in [0.3, 0.4) is 0 Å². The van der Waals surface area contributed by atoms with E-state index in [2.05, 4.69) is 15.8 Å². The molecule has 0 saturated carbocycles. The monoisotopic (exact) mass is 259 g/mol. The van der Waals surface area contributed by atoms with Crippen molar-refractivity contribution in [3.05, 3.63) is 53.4 Å². The molecule has 0 aliphatic heterocycles. The summed E-state index contributed by atoms with van der Waals surface area (Å²) in [6.45, 7) is 1.21. The quantitative estimate of drug-likeness (QED) is 0.822. The van der Waals surface area contributed by atoms with E-state index in [1.54, 1.807) is 6.07 Å². The molecule has 0 radical (unpaired) electrons. The lowest BCUT2D eigenvalue weighted by atomic mass is 10.0. The summed E-state index contributed by atoms with van der Waals surface area (Å²) in [7, 11) is 1.90. The highest BCUT2D eigenvalue weighted by Crippen LogP contribution is 2.09. The number of amides is 1. The highest BCUT2D eigenvalue weighted by molar-refractivity contribution is 5.95. The van der Waals surface area contributed by atoms with Crippen molar-refractivity contribution < 1.29 is 9.32 Å². The number of carbonyl (C=O) groups is 1. The molecule has 100 valence electrons. The van der Waals surface area contributed by atoms with Crippen molar-refractivity contribution in [1.82, 2.24) is 15.8 Å². The van der Waals surface area contributed by atoms with Gasteiger partial charge in [0.05, 0.1) is 6.54 Å². The van der Waals surface area contributed by atoms with Gasteiger partial charge in [0.15, 0.2) is 0 Å². The molecule has 2 aromatic rings. The fourth-order valence-corrected chi connectivity index (χ4v) is 1.81. The van der Waals surface area contributed by atoms with Gasteiger partial charge in [0.25, 0.3) is 5.91 Å². The Labute approximate surface area is 112 Å². The van der Waals surface area contributed by atoms with E-state index in [4.69, 9.17) is 4.52 Å². The Morgan fingerprint density at radius 2 is 2.16 bits per heavy atom. The minimum Gasteiger partial charge on any atom is -0.364 e. The van der Waals surface area contributed by atoms with Crippen LogP contribution in [0.15, 0.2) is 41.1 Å². The van der Waals surface area contributed by atoms with Gasteiger partial charge in [0.1, 0.15) is 12.0 Å². The molecule has 1 amide bonds. The molecule has 1 heterocycles. The second kappa shape index (κ2) is 6.70. The molecule has 0 spiro atoms.